The molecule has 1 amide bonds. The highest BCUT2D eigenvalue weighted by Crippen LogP contribution is 2.19. The first kappa shape index (κ1) is 14.3. The van der Waals surface area contributed by atoms with Gasteiger partial charge in [-0.15, -0.1) is 0 Å². The fraction of sp³-hybridized carbons (Fsp3) is 0.214. The Balaban J connectivity index is 1.74. The molecule has 3 aromatic heterocycles. The van der Waals surface area contributed by atoms with Gasteiger partial charge in [0.25, 0.3) is 5.91 Å². The van der Waals surface area contributed by atoms with E-state index in [1.54, 1.807) is 25.4 Å². The number of carbonyl (C=O) groups excluding carboxylic acids is 1. The summed E-state index contributed by atoms with van der Waals surface area (Å²) in [6.07, 6.45) is 3.27. The molecule has 0 radical (unpaired) electrons. The second kappa shape index (κ2) is 6.02. The van der Waals surface area contributed by atoms with E-state index < -0.39 is 6.04 Å². The first-order valence-corrected chi connectivity index (χ1v) is 7.39. The lowest BCUT2D eigenvalue weighted by atomic mass is 10.2. The third-order valence-electron chi connectivity index (χ3n) is 2.98. The normalized spacial score (nSPS) is 12.1. The molecule has 0 aliphatic rings. The molecule has 0 unspecified atom stereocenters. The molecule has 0 bridgehead atoms. The van der Waals surface area contributed by atoms with Gasteiger partial charge in [0.15, 0.2) is 0 Å². The van der Waals surface area contributed by atoms with Gasteiger partial charge in [0.05, 0.1) is 0 Å². The molecule has 3 heterocycles. The first-order valence-electron chi connectivity index (χ1n) is 6.61. The topological polar surface area (TPSA) is 93.8 Å². The number of aryl methyl sites for hydroxylation is 1. The smallest absolute Gasteiger partial charge is 0.263 e. The van der Waals surface area contributed by atoms with Crippen LogP contribution < -0.4 is 5.32 Å². The SMILES string of the molecule is Cc1cc(-c2noc([C@H](C)NC(=O)c3ccns3)n2)ccn1. The summed E-state index contributed by atoms with van der Waals surface area (Å²) >= 11 is 1.14. The van der Waals surface area contributed by atoms with E-state index in [1.165, 1.54) is 0 Å². The Kier molecular flexibility index (Phi) is 3.92. The van der Waals surface area contributed by atoms with Crippen molar-refractivity contribution in [3.8, 4) is 11.4 Å². The Morgan fingerprint density at radius 1 is 1.36 bits per heavy atom. The molecule has 0 aromatic carbocycles. The lowest BCUT2D eigenvalue weighted by molar-refractivity contribution is 0.0936. The van der Waals surface area contributed by atoms with Gasteiger partial charge >= 0.3 is 0 Å². The predicted molar refractivity (Wildman–Crippen MR) is 80.3 cm³/mol. The Bertz CT molecular complexity index is 784. The van der Waals surface area contributed by atoms with Crippen LogP contribution in [0.15, 0.2) is 35.1 Å². The molecule has 22 heavy (non-hydrogen) atoms. The van der Waals surface area contributed by atoms with E-state index in [0.29, 0.717) is 16.6 Å². The van der Waals surface area contributed by atoms with Crippen LogP contribution in [0, 0.1) is 6.92 Å². The zero-order chi connectivity index (χ0) is 15.5. The van der Waals surface area contributed by atoms with Crippen molar-refractivity contribution in [2.24, 2.45) is 0 Å². The van der Waals surface area contributed by atoms with Gasteiger partial charge < -0.3 is 9.84 Å². The van der Waals surface area contributed by atoms with Gasteiger partial charge in [-0.25, -0.2) is 4.37 Å². The zero-order valence-corrected chi connectivity index (χ0v) is 12.8. The predicted octanol–water partition coefficient (Wildman–Crippen LogP) is 2.39. The first-order chi connectivity index (χ1) is 10.6. The van der Waals surface area contributed by atoms with Crippen molar-refractivity contribution in [2.75, 3.05) is 0 Å². The number of pyridine rings is 1. The number of aromatic nitrogens is 4. The highest BCUT2D eigenvalue weighted by Gasteiger charge is 2.18. The highest BCUT2D eigenvalue weighted by molar-refractivity contribution is 7.08. The van der Waals surface area contributed by atoms with E-state index in [9.17, 15) is 4.79 Å². The number of carbonyl (C=O) groups is 1. The van der Waals surface area contributed by atoms with E-state index in [1.807, 2.05) is 19.1 Å². The highest BCUT2D eigenvalue weighted by atomic mass is 32.1. The summed E-state index contributed by atoms with van der Waals surface area (Å²) in [7, 11) is 0. The lowest BCUT2D eigenvalue weighted by Gasteiger charge is -2.07. The van der Waals surface area contributed by atoms with Gasteiger partial charge in [0.1, 0.15) is 10.9 Å². The molecule has 0 fully saturated rings. The van der Waals surface area contributed by atoms with Crippen molar-refractivity contribution < 1.29 is 9.32 Å². The maximum absolute atomic E-state index is 12.0. The molecule has 0 aliphatic carbocycles. The van der Waals surface area contributed by atoms with Gasteiger partial charge in [0.2, 0.25) is 11.7 Å². The fourth-order valence-corrected chi connectivity index (χ4v) is 2.37. The summed E-state index contributed by atoms with van der Waals surface area (Å²) in [6, 6.07) is 4.95. The Morgan fingerprint density at radius 2 is 2.23 bits per heavy atom. The summed E-state index contributed by atoms with van der Waals surface area (Å²) < 4.78 is 9.13. The van der Waals surface area contributed by atoms with E-state index in [-0.39, 0.29) is 5.91 Å². The molecule has 0 spiro atoms. The van der Waals surface area contributed by atoms with Crippen LogP contribution in [0.1, 0.15) is 34.2 Å². The maximum Gasteiger partial charge on any atom is 0.263 e. The largest absolute Gasteiger partial charge is 0.340 e. The third kappa shape index (κ3) is 3.01. The van der Waals surface area contributed by atoms with Crippen LogP contribution in [0.25, 0.3) is 11.4 Å². The number of amides is 1. The summed E-state index contributed by atoms with van der Waals surface area (Å²) in [5.74, 6) is 0.608. The second-order valence-corrected chi connectivity index (χ2v) is 5.55. The van der Waals surface area contributed by atoms with Gasteiger partial charge in [-0.2, -0.15) is 4.98 Å². The number of hydrogen-bond acceptors (Lipinski definition) is 7. The number of nitrogens with zero attached hydrogens (tertiary/aromatic N) is 4. The van der Waals surface area contributed by atoms with Crippen molar-refractivity contribution >= 4 is 17.4 Å². The van der Waals surface area contributed by atoms with E-state index in [0.717, 1.165) is 22.8 Å². The molecule has 0 aliphatic heterocycles. The van der Waals surface area contributed by atoms with Crippen LogP contribution in [-0.4, -0.2) is 25.4 Å². The molecule has 112 valence electrons. The molecule has 0 saturated heterocycles. The van der Waals surface area contributed by atoms with Gasteiger partial charge in [-0.05, 0) is 43.6 Å². The van der Waals surface area contributed by atoms with Gasteiger partial charge in [-0.3, -0.25) is 9.78 Å². The van der Waals surface area contributed by atoms with Crippen LogP contribution in [0.4, 0.5) is 0 Å². The Morgan fingerprint density at radius 3 is 2.95 bits per heavy atom. The Labute approximate surface area is 130 Å². The molecule has 8 heteroatoms. The minimum atomic E-state index is -0.390. The lowest BCUT2D eigenvalue weighted by Crippen LogP contribution is -2.26. The monoisotopic (exact) mass is 315 g/mol. The molecular formula is C14H13N5O2S. The van der Waals surface area contributed by atoms with Crippen LogP contribution in [-0.2, 0) is 0 Å². The molecule has 1 atom stereocenters. The summed E-state index contributed by atoms with van der Waals surface area (Å²) in [5.41, 5.74) is 1.69. The summed E-state index contributed by atoms with van der Waals surface area (Å²) in [5, 5.41) is 6.74. The maximum atomic E-state index is 12.0. The summed E-state index contributed by atoms with van der Waals surface area (Å²) in [4.78, 5) is 21.0. The number of hydrogen-bond donors (Lipinski definition) is 1. The minimum Gasteiger partial charge on any atom is -0.340 e. The van der Waals surface area contributed by atoms with Crippen LogP contribution >= 0.6 is 11.5 Å². The average Bonchev–Trinajstić information content (AvgIpc) is 3.19. The second-order valence-electron chi connectivity index (χ2n) is 4.71. The minimum absolute atomic E-state index is 0.213. The van der Waals surface area contributed by atoms with E-state index in [4.69, 9.17) is 4.52 Å². The standard InChI is InChI=1S/C14H13N5O2S/c1-8-7-10(3-5-15-8)12-18-14(21-19-12)9(2)17-13(20)11-4-6-16-22-11/h3-7,9H,1-2H3,(H,17,20)/t9-/m0/s1. The fourth-order valence-electron chi connectivity index (χ4n) is 1.88. The summed E-state index contributed by atoms with van der Waals surface area (Å²) in [6.45, 7) is 3.68. The van der Waals surface area contributed by atoms with E-state index in [2.05, 4.69) is 24.8 Å². The van der Waals surface area contributed by atoms with Crippen molar-refractivity contribution in [3.05, 3.63) is 47.1 Å². The Hall–Kier alpha value is -2.61. The molecule has 1 N–H and O–H groups in total. The molecule has 7 nitrogen and oxygen atoms in total. The third-order valence-corrected chi connectivity index (χ3v) is 3.72. The van der Waals surface area contributed by atoms with Crippen molar-refractivity contribution in [3.63, 3.8) is 0 Å². The quantitative estimate of drug-likeness (QED) is 0.794. The van der Waals surface area contributed by atoms with Crippen LogP contribution in [0.3, 0.4) is 0 Å². The average molecular weight is 315 g/mol. The van der Waals surface area contributed by atoms with Crippen LogP contribution in [0.5, 0.6) is 0 Å². The van der Waals surface area contributed by atoms with Crippen molar-refractivity contribution in [2.45, 2.75) is 19.9 Å². The molecule has 3 rings (SSSR count). The number of rotatable bonds is 4. The van der Waals surface area contributed by atoms with Gasteiger partial charge in [0, 0.05) is 23.7 Å². The van der Waals surface area contributed by atoms with E-state index >= 15 is 0 Å². The molecular weight excluding hydrogens is 302 g/mol. The zero-order valence-electron chi connectivity index (χ0n) is 12.0. The van der Waals surface area contributed by atoms with Gasteiger partial charge in [-0.1, -0.05) is 5.16 Å². The van der Waals surface area contributed by atoms with Crippen molar-refractivity contribution in [1.29, 1.82) is 0 Å². The molecule has 0 saturated carbocycles. The number of nitrogens with one attached hydrogen (secondary N) is 1. The molecule has 3 aromatic rings. The van der Waals surface area contributed by atoms with Crippen LogP contribution in [0.2, 0.25) is 0 Å². The van der Waals surface area contributed by atoms with Crippen molar-refractivity contribution in [1.82, 2.24) is 24.8 Å².